The highest BCUT2D eigenvalue weighted by molar-refractivity contribution is 6.01. The molecule has 0 spiro atoms. The van der Waals surface area contributed by atoms with E-state index in [2.05, 4.69) is 0 Å². The minimum absolute atomic E-state index is 0.0591. The molecule has 116 valence electrons. The second-order valence-corrected chi connectivity index (χ2v) is 5.46. The molecular formula is C19H16O4. The van der Waals surface area contributed by atoms with E-state index in [9.17, 15) is 20.1 Å². The highest BCUT2D eigenvalue weighted by Gasteiger charge is 2.41. The van der Waals surface area contributed by atoms with Crippen LogP contribution in [0.5, 0.6) is 0 Å². The van der Waals surface area contributed by atoms with Crippen molar-refractivity contribution in [2.75, 3.05) is 0 Å². The molecule has 0 fully saturated rings. The summed E-state index contributed by atoms with van der Waals surface area (Å²) >= 11 is 0. The van der Waals surface area contributed by atoms with E-state index in [0.717, 1.165) is 6.08 Å². The molecule has 3 rings (SSSR count). The predicted molar refractivity (Wildman–Crippen MR) is 86.5 cm³/mol. The Balaban J connectivity index is 2.28. The molecule has 4 nitrogen and oxygen atoms in total. The molecule has 0 aromatic heterocycles. The number of hydrogen-bond acceptors (Lipinski definition) is 3. The molecule has 4 heteroatoms. The zero-order valence-corrected chi connectivity index (χ0v) is 12.3. The van der Waals surface area contributed by atoms with Crippen molar-refractivity contribution in [2.24, 2.45) is 0 Å². The average Bonchev–Trinajstić information content (AvgIpc) is 2.55. The lowest BCUT2D eigenvalue weighted by atomic mass is 9.75. The summed E-state index contributed by atoms with van der Waals surface area (Å²) < 4.78 is 0. The highest BCUT2D eigenvalue weighted by atomic mass is 16.5. The van der Waals surface area contributed by atoms with Crippen molar-refractivity contribution in [2.45, 2.75) is 11.7 Å². The molecule has 0 aliphatic heterocycles. The van der Waals surface area contributed by atoms with Gasteiger partial charge in [0.25, 0.3) is 0 Å². The number of carboxylic acids is 1. The third kappa shape index (κ3) is 2.82. The van der Waals surface area contributed by atoms with Gasteiger partial charge in [0.1, 0.15) is 0 Å². The quantitative estimate of drug-likeness (QED) is 0.762. The molecule has 1 unspecified atom stereocenters. The van der Waals surface area contributed by atoms with Crippen molar-refractivity contribution < 1.29 is 20.1 Å². The highest BCUT2D eigenvalue weighted by Crippen LogP contribution is 2.44. The molecule has 0 amide bonds. The molecule has 0 bridgehead atoms. The first kappa shape index (κ1) is 15.2. The van der Waals surface area contributed by atoms with Crippen molar-refractivity contribution in [1.82, 2.24) is 0 Å². The average molecular weight is 308 g/mol. The van der Waals surface area contributed by atoms with E-state index in [1.165, 1.54) is 6.08 Å². The van der Waals surface area contributed by atoms with Gasteiger partial charge in [0.15, 0.2) is 5.79 Å². The van der Waals surface area contributed by atoms with E-state index in [4.69, 9.17) is 0 Å². The summed E-state index contributed by atoms with van der Waals surface area (Å²) in [5.41, 5.74) is 1.73. The minimum atomic E-state index is -2.16. The van der Waals surface area contributed by atoms with E-state index < -0.39 is 17.7 Å². The second-order valence-electron chi connectivity index (χ2n) is 5.46. The third-order valence-corrected chi connectivity index (χ3v) is 3.95. The van der Waals surface area contributed by atoms with E-state index in [1.807, 2.05) is 12.1 Å². The van der Waals surface area contributed by atoms with Crippen LogP contribution in [0.15, 0.2) is 78.4 Å². The number of carboxylic acid groups (broad SMARTS) is 1. The van der Waals surface area contributed by atoms with Gasteiger partial charge in [-0.1, -0.05) is 60.7 Å². The van der Waals surface area contributed by atoms with Gasteiger partial charge in [0, 0.05) is 0 Å². The summed E-state index contributed by atoms with van der Waals surface area (Å²) in [5.74, 6) is -4.15. The van der Waals surface area contributed by atoms with E-state index in [0.29, 0.717) is 16.7 Å². The summed E-state index contributed by atoms with van der Waals surface area (Å²) in [7, 11) is 0. The molecule has 0 radical (unpaired) electrons. The van der Waals surface area contributed by atoms with Crippen LogP contribution in [0.1, 0.15) is 17.0 Å². The van der Waals surface area contributed by atoms with Crippen LogP contribution in [0.25, 0.3) is 5.57 Å². The molecule has 1 atom stereocenters. The zero-order chi connectivity index (χ0) is 16.4. The number of aliphatic carboxylic acids is 1. The molecule has 1 aliphatic carbocycles. The standard InChI is InChI=1S/C19H16O4/c20-18(21)15-11-12-19(22,23)17(14-9-5-2-6-10-14)16(15)13-7-3-1-4-8-13/h1-12,17,22-23H,(H,20,21). The fourth-order valence-corrected chi connectivity index (χ4v) is 2.94. The number of carbonyl (C=O) groups is 1. The van der Waals surface area contributed by atoms with Crippen LogP contribution >= 0.6 is 0 Å². The zero-order valence-electron chi connectivity index (χ0n) is 12.3. The Labute approximate surface area is 133 Å². The Morgan fingerprint density at radius 2 is 1.48 bits per heavy atom. The second kappa shape index (κ2) is 5.83. The van der Waals surface area contributed by atoms with E-state index in [1.54, 1.807) is 48.5 Å². The van der Waals surface area contributed by atoms with Crippen LogP contribution in [0.4, 0.5) is 0 Å². The summed E-state index contributed by atoms with van der Waals surface area (Å²) in [6, 6.07) is 17.8. The molecule has 2 aromatic rings. The van der Waals surface area contributed by atoms with E-state index in [-0.39, 0.29) is 5.57 Å². The number of benzene rings is 2. The van der Waals surface area contributed by atoms with Crippen LogP contribution in [0, 0.1) is 0 Å². The fraction of sp³-hybridized carbons (Fsp3) is 0.105. The summed E-state index contributed by atoms with van der Waals surface area (Å²) in [5, 5.41) is 30.5. The summed E-state index contributed by atoms with van der Waals surface area (Å²) in [4.78, 5) is 11.7. The Kier molecular flexibility index (Phi) is 3.86. The van der Waals surface area contributed by atoms with Gasteiger partial charge in [-0.05, 0) is 28.9 Å². The van der Waals surface area contributed by atoms with Crippen molar-refractivity contribution in [3.8, 4) is 0 Å². The smallest absolute Gasteiger partial charge is 0.336 e. The number of rotatable bonds is 3. The SMILES string of the molecule is O=C(O)C1=C(c2ccccc2)C(c2ccccc2)C(O)(O)C=C1. The molecule has 23 heavy (non-hydrogen) atoms. The van der Waals surface area contributed by atoms with Crippen molar-refractivity contribution in [1.29, 1.82) is 0 Å². The topological polar surface area (TPSA) is 77.8 Å². The predicted octanol–water partition coefficient (Wildman–Crippen LogP) is 2.56. The van der Waals surface area contributed by atoms with Gasteiger partial charge in [-0.2, -0.15) is 0 Å². The maximum Gasteiger partial charge on any atom is 0.336 e. The van der Waals surface area contributed by atoms with Gasteiger partial charge in [0.2, 0.25) is 0 Å². The lowest BCUT2D eigenvalue weighted by Crippen LogP contribution is -2.37. The minimum Gasteiger partial charge on any atom is -0.478 e. The number of hydrogen-bond donors (Lipinski definition) is 3. The van der Waals surface area contributed by atoms with E-state index >= 15 is 0 Å². The monoisotopic (exact) mass is 308 g/mol. The molecule has 3 N–H and O–H groups in total. The fourth-order valence-electron chi connectivity index (χ4n) is 2.94. The first-order valence-corrected chi connectivity index (χ1v) is 7.22. The lowest BCUT2D eigenvalue weighted by Gasteiger charge is -2.35. The van der Waals surface area contributed by atoms with Crippen molar-refractivity contribution in [3.05, 3.63) is 89.5 Å². The van der Waals surface area contributed by atoms with Crippen LogP contribution < -0.4 is 0 Å². The van der Waals surface area contributed by atoms with Crippen LogP contribution in [-0.4, -0.2) is 27.1 Å². The van der Waals surface area contributed by atoms with Gasteiger partial charge in [-0.25, -0.2) is 4.79 Å². The van der Waals surface area contributed by atoms with Gasteiger partial charge in [0.05, 0.1) is 11.5 Å². The molecule has 2 aromatic carbocycles. The maximum absolute atomic E-state index is 11.7. The first-order chi connectivity index (χ1) is 11.0. The Bertz CT molecular complexity index is 774. The Morgan fingerprint density at radius 1 is 0.913 bits per heavy atom. The van der Waals surface area contributed by atoms with Crippen molar-refractivity contribution in [3.63, 3.8) is 0 Å². The Morgan fingerprint density at radius 3 is 2.04 bits per heavy atom. The van der Waals surface area contributed by atoms with Crippen LogP contribution in [0.3, 0.4) is 0 Å². The third-order valence-electron chi connectivity index (χ3n) is 3.95. The first-order valence-electron chi connectivity index (χ1n) is 7.22. The van der Waals surface area contributed by atoms with Crippen molar-refractivity contribution >= 4 is 11.5 Å². The van der Waals surface area contributed by atoms with Crippen LogP contribution in [-0.2, 0) is 4.79 Å². The normalized spacial score (nSPS) is 19.7. The van der Waals surface area contributed by atoms with Gasteiger partial charge >= 0.3 is 5.97 Å². The van der Waals surface area contributed by atoms with Crippen LogP contribution in [0.2, 0.25) is 0 Å². The molecule has 0 saturated carbocycles. The van der Waals surface area contributed by atoms with Gasteiger partial charge in [-0.3, -0.25) is 0 Å². The lowest BCUT2D eigenvalue weighted by molar-refractivity contribution is -0.133. The molecule has 0 saturated heterocycles. The summed E-state index contributed by atoms with van der Waals surface area (Å²) in [6.07, 6.45) is 2.38. The summed E-state index contributed by atoms with van der Waals surface area (Å²) in [6.45, 7) is 0. The number of aliphatic hydroxyl groups is 2. The molecule has 1 aliphatic rings. The maximum atomic E-state index is 11.7. The largest absolute Gasteiger partial charge is 0.478 e. The van der Waals surface area contributed by atoms with Gasteiger partial charge < -0.3 is 15.3 Å². The molecular weight excluding hydrogens is 292 g/mol. The molecule has 0 heterocycles. The van der Waals surface area contributed by atoms with Gasteiger partial charge in [-0.15, -0.1) is 0 Å². The Hall–Kier alpha value is -2.69.